The molecule has 0 aliphatic carbocycles. The summed E-state index contributed by atoms with van der Waals surface area (Å²) < 4.78 is 15.4. The number of halogens is 2. The predicted molar refractivity (Wildman–Crippen MR) is 71.3 cm³/mol. The van der Waals surface area contributed by atoms with E-state index in [0.29, 0.717) is 23.3 Å². The molecule has 0 radical (unpaired) electrons. The number of benzene rings is 1. The Hall–Kier alpha value is -1.55. The predicted octanol–water partition coefficient (Wildman–Crippen LogP) is 3.87. The van der Waals surface area contributed by atoms with E-state index in [0.717, 1.165) is 5.56 Å². The van der Waals surface area contributed by atoms with Crippen molar-refractivity contribution < 1.29 is 4.39 Å². The molecular weight excluding hydrogens is 253 g/mol. The maximum absolute atomic E-state index is 13.5. The second-order valence-corrected chi connectivity index (χ2v) is 4.84. The van der Waals surface area contributed by atoms with E-state index in [-0.39, 0.29) is 5.82 Å². The van der Waals surface area contributed by atoms with Crippen LogP contribution in [0.2, 0.25) is 5.02 Å². The van der Waals surface area contributed by atoms with Gasteiger partial charge in [0.05, 0.1) is 11.9 Å². The summed E-state index contributed by atoms with van der Waals surface area (Å²) in [6.45, 7) is 4.65. The molecule has 0 atom stereocenters. The standard InChI is InChI=1S/C13H15ClFN3/c1-9(2)18-8-10(7-17-18)6-16-13-4-3-11(14)5-12(13)15/h3-5,7-9,16H,6H2,1-2H3. The van der Waals surface area contributed by atoms with Gasteiger partial charge in [-0.2, -0.15) is 5.10 Å². The molecule has 0 aliphatic heterocycles. The number of anilines is 1. The van der Waals surface area contributed by atoms with E-state index in [9.17, 15) is 4.39 Å². The van der Waals surface area contributed by atoms with Gasteiger partial charge in [0.1, 0.15) is 5.82 Å². The van der Waals surface area contributed by atoms with Crippen molar-refractivity contribution in [3.05, 3.63) is 47.0 Å². The largest absolute Gasteiger partial charge is 0.378 e. The molecule has 1 aromatic carbocycles. The van der Waals surface area contributed by atoms with Crippen molar-refractivity contribution in [3.8, 4) is 0 Å². The van der Waals surface area contributed by atoms with E-state index in [1.807, 2.05) is 10.9 Å². The third-order valence-corrected chi connectivity index (χ3v) is 2.83. The van der Waals surface area contributed by atoms with Crippen LogP contribution in [0.15, 0.2) is 30.6 Å². The van der Waals surface area contributed by atoms with Crippen LogP contribution >= 0.6 is 11.6 Å². The van der Waals surface area contributed by atoms with Crippen LogP contribution in [0, 0.1) is 5.82 Å². The molecule has 0 saturated carbocycles. The summed E-state index contributed by atoms with van der Waals surface area (Å²) in [5.74, 6) is -0.348. The third kappa shape index (κ3) is 3.01. The first-order chi connectivity index (χ1) is 8.56. The molecule has 1 aromatic heterocycles. The van der Waals surface area contributed by atoms with Crippen LogP contribution < -0.4 is 5.32 Å². The van der Waals surface area contributed by atoms with Gasteiger partial charge in [-0.15, -0.1) is 0 Å². The Morgan fingerprint density at radius 3 is 2.83 bits per heavy atom. The lowest BCUT2D eigenvalue weighted by Crippen LogP contribution is -2.02. The minimum absolute atomic E-state index is 0.325. The number of nitrogens with one attached hydrogen (secondary N) is 1. The summed E-state index contributed by atoms with van der Waals surface area (Å²) in [6, 6.07) is 4.90. The second kappa shape index (κ2) is 5.40. The van der Waals surface area contributed by atoms with E-state index in [2.05, 4.69) is 24.3 Å². The minimum Gasteiger partial charge on any atom is -0.378 e. The quantitative estimate of drug-likeness (QED) is 0.911. The Morgan fingerprint density at radius 2 is 2.22 bits per heavy atom. The number of rotatable bonds is 4. The summed E-state index contributed by atoms with van der Waals surface area (Å²) in [6.07, 6.45) is 3.73. The molecule has 0 unspecified atom stereocenters. The number of aromatic nitrogens is 2. The molecule has 0 spiro atoms. The van der Waals surface area contributed by atoms with Crippen molar-refractivity contribution in [3.63, 3.8) is 0 Å². The Morgan fingerprint density at radius 1 is 1.44 bits per heavy atom. The fraction of sp³-hybridized carbons (Fsp3) is 0.308. The van der Waals surface area contributed by atoms with Crippen molar-refractivity contribution >= 4 is 17.3 Å². The zero-order valence-electron chi connectivity index (χ0n) is 10.3. The first-order valence-electron chi connectivity index (χ1n) is 5.78. The van der Waals surface area contributed by atoms with Gasteiger partial charge in [-0.05, 0) is 32.0 Å². The Kier molecular flexibility index (Phi) is 3.87. The maximum atomic E-state index is 13.5. The summed E-state index contributed by atoms with van der Waals surface area (Å²) in [5, 5.41) is 7.64. The molecule has 0 bridgehead atoms. The van der Waals surface area contributed by atoms with E-state index >= 15 is 0 Å². The van der Waals surface area contributed by atoms with Gasteiger partial charge in [0, 0.05) is 29.4 Å². The van der Waals surface area contributed by atoms with Crippen molar-refractivity contribution in [2.45, 2.75) is 26.4 Å². The van der Waals surface area contributed by atoms with Crippen LogP contribution in [0.1, 0.15) is 25.5 Å². The highest BCUT2D eigenvalue weighted by molar-refractivity contribution is 6.30. The molecule has 3 nitrogen and oxygen atoms in total. The molecule has 96 valence electrons. The summed E-state index contributed by atoms with van der Waals surface area (Å²) in [5.41, 5.74) is 1.45. The normalized spacial score (nSPS) is 10.9. The average molecular weight is 268 g/mol. The van der Waals surface area contributed by atoms with Crippen LogP contribution in [0.5, 0.6) is 0 Å². The Bertz CT molecular complexity index is 537. The smallest absolute Gasteiger partial charge is 0.147 e. The van der Waals surface area contributed by atoms with Crippen LogP contribution in [0.25, 0.3) is 0 Å². The van der Waals surface area contributed by atoms with Gasteiger partial charge in [0.2, 0.25) is 0 Å². The zero-order chi connectivity index (χ0) is 13.1. The number of nitrogens with zero attached hydrogens (tertiary/aromatic N) is 2. The fourth-order valence-corrected chi connectivity index (χ4v) is 1.74. The molecular formula is C13H15ClFN3. The van der Waals surface area contributed by atoms with Crippen molar-refractivity contribution in [1.29, 1.82) is 0 Å². The highest BCUT2D eigenvalue weighted by Crippen LogP contribution is 2.19. The van der Waals surface area contributed by atoms with Crippen LogP contribution in [0.3, 0.4) is 0 Å². The SMILES string of the molecule is CC(C)n1cc(CNc2ccc(Cl)cc2F)cn1. The second-order valence-electron chi connectivity index (χ2n) is 4.40. The summed E-state index contributed by atoms with van der Waals surface area (Å²) in [4.78, 5) is 0. The molecule has 0 amide bonds. The van der Waals surface area contributed by atoms with Crippen molar-refractivity contribution in [2.75, 3.05) is 5.32 Å². The van der Waals surface area contributed by atoms with E-state index < -0.39 is 0 Å². The topological polar surface area (TPSA) is 29.9 Å². The minimum atomic E-state index is -0.348. The number of hydrogen-bond acceptors (Lipinski definition) is 2. The highest BCUT2D eigenvalue weighted by atomic mass is 35.5. The van der Waals surface area contributed by atoms with Crippen LogP contribution in [0.4, 0.5) is 10.1 Å². The van der Waals surface area contributed by atoms with E-state index in [4.69, 9.17) is 11.6 Å². The lowest BCUT2D eigenvalue weighted by Gasteiger charge is -2.06. The average Bonchev–Trinajstić information content (AvgIpc) is 2.76. The lowest BCUT2D eigenvalue weighted by atomic mass is 10.3. The highest BCUT2D eigenvalue weighted by Gasteiger charge is 2.04. The molecule has 2 rings (SSSR count). The van der Waals surface area contributed by atoms with Crippen LogP contribution in [-0.4, -0.2) is 9.78 Å². The van der Waals surface area contributed by atoms with Crippen molar-refractivity contribution in [2.24, 2.45) is 0 Å². The summed E-state index contributed by atoms with van der Waals surface area (Å²) >= 11 is 5.69. The van der Waals surface area contributed by atoms with Crippen LogP contribution in [-0.2, 0) is 6.54 Å². The molecule has 18 heavy (non-hydrogen) atoms. The molecule has 5 heteroatoms. The van der Waals surface area contributed by atoms with Gasteiger partial charge in [0.25, 0.3) is 0 Å². The Labute approximate surface area is 111 Å². The molecule has 0 aliphatic rings. The van der Waals surface area contributed by atoms with Gasteiger partial charge in [-0.25, -0.2) is 4.39 Å². The van der Waals surface area contributed by atoms with E-state index in [1.165, 1.54) is 6.07 Å². The molecule has 0 fully saturated rings. The first-order valence-corrected chi connectivity index (χ1v) is 6.16. The van der Waals surface area contributed by atoms with Gasteiger partial charge in [-0.3, -0.25) is 4.68 Å². The van der Waals surface area contributed by atoms with Crippen molar-refractivity contribution in [1.82, 2.24) is 9.78 Å². The zero-order valence-corrected chi connectivity index (χ0v) is 11.1. The molecule has 0 saturated heterocycles. The van der Waals surface area contributed by atoms with E-state index in [1.54, 1.807) is 18.3 Å². The molecule has 1 heterocycles. The monoisotopic (exact) mass is 267 g/mol. The first kappa shape index (κ1) is 12.9. The number of hydrogen-bond donors (Lipinski definition) is 1. The molecule has 1 N–H and O–H groups in total. The van der Waals surface area contributed by atoms with Gasteiger partial charge < -0.3 is 5.32 Å². The maximum Gasteiger partial charge on any atom is 0.147 e. The van der Waals surface area contributed by atoms with Gasteiger partial charge in [0.15, 0.2) is 0 Å². The molecule has 2 aromatic rings. The lowest BCUT2D eigenvalue weighted by molar-refractivity contribution is 0.532. The van der Waals surface area contributed by atoms with Gasteiger partial charge >= 0.3 is 0 Å². The third-order valence-electron chi connectivity index (χ3n) is 2.60. The fourth-order valence-electron chi connectivity index (χ4n) is 1.58. The Balaban J connectivity index is 2.02. The van der Waals surface area contributed by atoms with Gasteiger partial charge in [-0.1, -0.05) is 11.6 Å². The summed E-state index contributed by atoms with van der Waals surface area (Å²) in [7, 11) is 0.